The lowest BCUT2D eigenvalue weighted by Gasteiger charge is -2.35. The van der Waals surface area contributed by atoms with Crippen LogP contribution in [0, 0.1) is 5.92 Å². The highest BCUT2D eigenvalue weighted by molar-refractivity contribution is 5.97. The summed E-state index contributed by atoms with van der Waals surface area (Å²) < 4.78 is 0. The SMILES string of the molecule is CC(=O)c1ccc(NC(=O)[C@H](C)N2CCC[C@H](CC(=O)O)C2)cc1. The van der Waals surface area contributed by atoms with Gasteiger partial charge < -0.3 is 10.4 Å². The summed E-state index contributed by atoms with van der Waals surface area (Å²) in [4.78, 5) is 36.6. The van der Waals surface area contributed by atoms with Gasteiger partial charge in [0.2, 0.25) is 5.91 Å². The van der Waals surface area contributed by atoms with E-state index >= 15 is 0 Å². The molecule has 1 aliphatic rings. The second kappa shape index (κ2) is 8.06. The van der Waals surface area contributed by atoms with Crippen LogP contribution in [-0.2, 0) is 9.59 Å². The van der Waals surface area contributed by atoms with E-state index in [2.05, 4.69) is 5.32 Å². The second-order valence-electron chi connectivity index (χ2n) is 6.40. The molecule has 6 nitrogen and oxygen atoms in total. The Hall–Kier alpha value is -2.21. The number of aliphatic carboxylic acids is 1. The Morgan fingerprint density at radius 3 is 2.54 bits per heavy atom. The highest BCUT2D eigenvalue weighted by Gasteiger charge is 2.28. The first-order valence-electron chi connectivity index (χ1n) is 8.24. The lowest BCUT2D eigenvalue weighted by atomic mass is 9.94. The van der Waals surface area contributed by atoms with E-state index in [0.717, 1.165) is 19.4 Å². The minimum Gasteiger partial charge on any atom is -0.481 e. The predicted molar refractivity (Wildman–Crippen MR) is 91.1 cm³/mol. The topological polar surface area (TPSA) is 86.7 Å². The number of nitrogens with zero attached hydrogens (tertiary/aromatic N) is 1. The third-order valence-corrected chi connectivity index (χ3v) is 4.50. The van der Waals surface area contributed by atoms with E-state index in [0.29, 0.717) is 17.8 Å². The second-order valence-corrected chi connectivity index (χ2v) is 6.40. The maximum absolute atomic E-state index is 12.4. The fourth-order valence-electron chi connectivity index (χ4n) is 3.06. The van der Waals surface area contributed by atoms with Crippen LogP contribution in [-0.4, -0.2) is 46.8 Å². The highest BCUT2D eigenvalue weighted by atomic mass is 16.4. The zero-order chi connectivity index (χ0) is 17.7. The van der Waals surface area contributed by atoms with Crippen LogP contribution in [0.4, 0.5) is 5.69 Å². The molecule has 0 unspecified atom stereocenters. The molecule has 24 heavy (non-hydrogen) atoms. The summed E-state index contributed by atoms with van der Waals surface area (Å²) in [6, 6.07) is 6.48. The van der Waals surface area contributed by atoms with Gasteiger partial charge in [0.05, 0.1) is 6.04 Å². The molecule has 1 amide bonds. The minimum absolute atomic E-state index is 0.0148. The number of anilines is 1. The van der Waals surface area contributed by atoms with E-state index in [1.165, 1.54) is 6.92 Å². The van der Waals surface area contributed by atoms with Gasteiger partial charge in [0.15, 0.2) is 5.78 Å². The summed E-state index contributed by atoms with van der Waals surface area (Å²) in [5.41, 5.74) is 1.25. The van der Waals surface area contributed by atoms with Gasteiger partial charge in [0.25, 0.3) is 0 Å². The van der Waals surface area contributed by atoms with Crippen LogP contribution in [0.1, 0.15) is 43.5 Å². The van der Waals surface area contributed by atoms with E-state index in [1.54, 1.807) is 24.3 Å². The molecule has 1 fully saturated rings. The Kier molecular flexibility index (Phi) is 6.09. The number of benzene rings is 1. The number of carboxylic acid groups (broad SMARTS) is 1. The summed E-state index contributed by atoms with van der Waals surface area (Å²) in [7, 11) is 0. The van der Waals surface area contributed by atoms with Gasteiger partial charge in [-0.05, 0) is 63.4 Å². The predicted octanol–water partition coefficient (Wildman–Crippen LogP) is 2.40. The van der Waals surface area contributed by atoms with Gasteiger partial charge in [0.1, 0.15) is 0 Å². The Balaban J connectivity index is 1.93. The average Bonchev–Trinajstić information content (AvgIpc) is 2.54. The summed E-state index contributed by atoms with van der Waals surface area (Å²) in [5, 5.41) is 11.8. The molecular formula is C18H24N2O4. The molecule has 1 heterocycles. The zero-order valence-electron chi connectivity index (χ0n) is 14.1. The van der Waals surface area contributed by atoms with Crippen LogP contribution in [0.3, 0.4) is 0 Å². The molecule has 0 saturated carbocycles. The minimum atomic E-state index is -0.787. The molecule has 130 valence electrons. The maximum Gasteiger partial charge on any atom is 0.303 e. The van der Waals surface area contributed by atoms with Crippen molar-refractivity contribution >= 4 is 23.3 Å². The van der Waals surface area contributed by atoms with Crippen molar-refractivity contribution in [2.75, 3.05) is 18.4 Å². The molecule has 0 aromatic heterocycles. The molecule has 1 aliphatic heterocycles. The van der Waals surface area contributed by atoms with Gasteiger partial charge in [0, 0.05) is 24.2 Å². The van der Waals surface area contributed by atoms with Crippen molar-refractivity contribution in [2.45, 2.75) is 39.2 Å². The first-order valence-corrected chi connectivity index (χ1v) is 8.24. The molecule has 0 spiro atoms. The molecule has 1 aromatic rings. The standard InChI is InChI=1S/C18H24N2O4/c1-12(20-9-3-4-14(11-20)10-17(22)23)18(24)19-16-7-5-15(6-8-16)13(2)21/h5-8,12,14H,3-4,9-11H2,1-2H3,(H,19,24)(H,22,23)/t12-,14+/m0/s1. The molecule has 2 atom stereocenters. The van der Waals surface area contributed by atoms with Crippen molar-refractivity contribution in [1.82, 2.24) is 4.90 Å². The number of hydrogen-bond acceptors (Lipinski definition) is 4. The van der Waals surface area contributed by atoms with Crippen molar-refractivity contribution in [2.24, 2.45) is 5.92 Å². The van der Waals surface area contributed by atoms with E-state index in [9.17, 15) is 14.4 Å². The van der Waals surface area contributed by atoms with Gasteiger partial charge in [-0.2, -0.15) is 0 Å². The summed E-state index contributed by atoms with van der Waals surface area (Å²) in [6.07, 6.45) is 1.95. The third kappa shape index (κ3) is 4.89. The largest absolute Gasteiger partial charge is 0.481 e. The quantitative estimate of drug-likeness (QED) is 0.781. The summed E-state index contributed by atoms with van der Waals surface area (Å²) in [5.74, 6) is -0.827. The molecule has 2 N–H and O–H groups in total. The first kappa shape index (κ1) is 18.1. The van der Waals surface area contributed by atoms with Crippen molar-refractivity contribution in [3.05, 3.63) is 29.8 Å². The number of hydrogen-bond donors (Lipinski definition) is 2. The molecular weight excluding hydrogens is 308 g/mol. The fourth-order valence-corrected chi connectivity index (χ4v) is 3.06. The van der Waals surface area contributed by atoms with Crippen LogP contribution in [0.2, 0.25) is 0 Å². The Morgan fingerprint density at radius 1 is 1.29 bits per heavy atom. The van der Waals surface area contributed by atoms with Crippen LogP contribution < -0.4 is 5.32 Å². The van der Waals surface area contributed by atoms with Gasteiger partial charge in [-0.1, -0.05) is 0 Å². The Morgan fingerprint density at radius 2 is 1.96 bits per heavy atom. The molecule has 6 heteroatoms. The van der Waals surface area contributed by atoms with E-state index < -0.39 is 5.97 Å². The van der Waals surface area contributed by atoms with Crippen molar-refractivity contribution in [1.29, 1.82) is 0 Å². The number of carboxylic acids is 1. The number of rotatable bonds is 6. The van der Waals surface area contributed by atoms with Gasteiger partial charge >= 0.3 is 5.97 Å². The molecule has 0 bridgehead atoms. The average molecular weight is 332 g/mol. The number of amides is 1. The van der Waals surface area contributed by atoms with Crippen LogP contribution in [0.15, 0.2) is 24.3 Å². The number of piperidine rings is 1. The molecule has 1 saturated heterocycles. The molecule has 2 rings (SSSR count). The molecule has 0 radical (unpaired) electrons. The highest BCUT2D eigenvalue weighted by Crippen LogP contribution is 2.22. The number of ketones is 1. The van der Waals surface area contributed by atoms with Crippen LogP contribution in [0.5, 0.6) is 0 Å². The van der Waals surface area contributed by atoms with Crippen LogP contribution in [0.25, 0.3) is 0 Å². The normalized spacial score (nSPS) is 19.5. The summed E-state index contributed by atoms with van der Waals surface area (Å²) in [6.45, 7) is 4.76. The van der Waals surface area contributed by atoms with Crippen molar-refractivity contribution in [3.8, 4) is 0 Å². The lowest BCUT2D eigenvalue weighted by Crippen LogP contribution is -2.47. The number of Topliss-reactive ketones (excluding diaryl/α,β-unsaturated/α-hetero) is 1. The number of nitrogens with one attached hydrogen (secondary N) is 1. The molecule has 1 aromatic carbocycles. The summed E-state index contributed by atoms with van der Waals surface area (Å²) >= 11 is 0. The lowest BCUT2D eigenvalue weighted by molar-refractivity contribution is -0.138. The monoisotopic (exact) mass is 332 g/mol. The van der Waals surface area contributed by atoms with Crippen molar-refractivity contribution in [3.63, 3.8) is 0 Å². The number of carbonyl (C=O) groups is 3. The molecule has 0 aliphatic carbocycles. The van der Waals surface area contributed by atoms with E-state index in [1.807, 2.05) is 11.8 Å². The first-order chi connectivity index (χ1) is 11.4. The number of likely N-dealkylation sites (tertiary alicyclic amines) is 1. The third-order valence-electron chi connectivity index (χ3n) is 4.50. The Labute approximate surface area is 141 Å². The fraction of sp³-hybridized carbons (Fsp3) is 0.500. The number of carbonyl (C=O) groups excluding carboxylic acids is 2. The van der Waals surface area contributed by atoms with Gasteiger partial charge in [-0.25, -0.2) is 0 Å². The smallest absolute Gasteiger partial charge is 0.303 e. The zero-order valence-corrected chi connectivity index (χ0v) is 14.1. The van der Waals surface area contributed by atoms with E-state index in [-0.39, 0.29) is 30.1 Å². The van der Waals surface area contributed by atoms with Crippen molar-refractivity contribution < 1.29 is 19.5 Å². The van der Waals surface area contributed by atoms with Crippen LogP contribution >= 0.6 is 0 Å². The Bertz CT molecular complexity index is 612. The van der Waals surface area contributed by atoms with E-state index in [4.69, 9.17) is 5.11 Å². The van der Waals surface area contributed by atoms with Gasteiger partial charge in [-0.3, -0.25) is 19.3 Å². The van der Waals surface area contributed by atoms with Gasteiger partial charge in [-0.15, -0.1) is 0 Å². The maximum atomic E-state index is 12.4.